The van der Waals surface area contributed by atoms with Crippen LogP contribution in [-0.2, 0) is 5.41 Å². The van der Waals surface area contributed by atoms with Crippen LogP contribution in [0.1, 0.15) is 23.6 Å². The van der Waals surface area contributed by atoms with E-state index in [0.717, 1.165) is 39.0 Å². The third-order valence-electron chi connectivity index (χ3n) is 11.8. The van der Waals surface area contributed by atoms with Crippen LogP contribution in [0, 0.1) is 0 Å². The minimum atomic E-state index is -0.298. The number of furan rings is 1. The van der Waals surface area contributed by atoms with E-state index in [-0.39, 0.29) is 5.41 Å². The molecule has 0 N–H and O–H groups in total. The molecule has 12 rings (SSSR count). The summed E-state index contributed by atoms with van der Waals surface area (Å²) in [5, 5.41) is 7.39. The van der Waals surface area contributed by atoms with Crippen LogP contribution < -0.4 is 4.90 Å². The van der Waals surface area contributed by atoms with E-state index in [1.807, 2.05) is 22.7 Å². The first-order valence-corrected chi connectivity index (χ1v) is 20.0. The van der Waals surface area contributed by atoms with Gasteiger partial charge in [-0.3, -0.25) is 0 Å². The molecule has 0 unspecified atom stereocenters. The Hall–Kier alpha value is -6.20. The third kappa shape index (κ3) is 4.15. The normalized spacial score (nSPS) is 13.4. The Morgan fingerprint density at radius 1 is 0.444 bits per heavy atom. The molecule has 0 saturated carbocycles. The number of fused-ring (bicyclic) bond motifs is 12. The fraction of sp³-hybridized carbons (Fsp3) is 0.0400. The number of nitrogens with zero attached hydrogens (tertiary/aromatic N) is 1. The Balaban J connectivity index is 1.08. The van der Waals surface area contributed by atoms with Crippen molar-refractivity contribution in [1.82, 2.24) is 0 Å². The Labute approximate surface area is 319 Å². The van der Waals surface area contributed by atoms with E-state index in [2.05, 4.69) is 182 Å². The predicted molar refractivity (Wildman–Crippen MR) is 232 cm³/mol. The number of rotatable bonds is 4. The van der Waals surface area contributed by atoms with Crippen molar-refractivity contribution in [3.05, 3.63) is 187 Å². The average Bonchev–Trinajstić information content (AvgIpc) is 3.97. The molecule has 2 nitrogen and oxygen atoms in total. The molecule has 1 aliphatic rings. The molecule has 0 aliphatic heterocycles. The molecule has 0 radical (unpaired) electrons. The zero-order valence-corrected chi connectivity index (χ0v) is 31.0. The summed E-state index contributed by atoms with van der Waals surface area (Å²) in [6.07, 6.45) is 0. The summed E-state index contributed by atoms with van der Waals surface area (Å²) < 4.78 is 12.2. The molecule has 0 atom stereocenters. The molecule has 254 valence electrons. The Kier molecular flexibility index (Phi) is 6.26. The summed E-state index contributed by atoms with van der Waals surface area (Å²) in [6, 6.07) is 62.4. The molecule has 0 fully saturated rings. The van der Waals surface area contributed by atoms with Crippen LogP contribution in [0.3, 0.4) is 0 Å². The molecule has 3 heterocycles. The molecule has 0 spiro atoms. The van der Waals surface area contributed by atoms with Gasteiger partial charge in [-0.1, -0.05) is 115 Å². The number of thiophene rings is 2. The van der Waals surface area contributed by atoms with Gasteiger partial charge in [0.15, 0.2) is 5.58 Å². The van der Waals surface area contributed by atoms with E-state index < -0.39 is 0 Å². The molecule has 3 aromatic heterocycles. The average molecular weight is 726 g/mol. The van der Waals surface area contributed by atoms with Crippen molar-refractivity contribution >= 4 is 102 Å². The van der Waals surface area contributed by atoms with Crippen LogP contribution in [0.5, 0.6) is 0 Å². The van der Waals surface area contributed by atoms with Crippen molar-refractivity contribution < 1.29 is 4.42 Å². The van der Waals surface area contributed by atoms with Gasteiger partial charge in [-0.05, 0) is 89.3 Å². The molecule has 8 aromatic carbocycles. The van der Waals surface area contributed by atoms with Crippen molar-refractivity contribution in [2.45, 2.75) is 12.3 Å². The van der Waals surface area contributed by atoms with Crippen molar-refractivity contribution in [2.75, 3.05) is 4.90 Å². The van der Waals surface area contributed by atoms with Gasteiger partial charge in [-0.2, -0.15) is 0 Å². The number of hydrogen-bond donors (Lipinski definition) is 0. The summed E-state index contributed by atoms with van der Waals surface area (Å²) in [4.78, 5) is 2.39. The standard InChI is InChI=1S/C50H31NOS2/c1-50(41-16-6-2-11-33(41)34-12-3-7-17-42(34)50)30-21-24-35-39-15-10-18-43(49(39)52-44(35)27-30)51(31-23-26-47-40(28-31)37-14-5-9-20-46(37)53-47)32-22-25-38-36-13-4-8-19-45(36)54-48(38)29-32/h2-29H,1H3. The van der Waals surface area contributed by atoms with Gasteiger partial charge in [0.1, 0.15) is 5.58 Å². The van der Waals surface area contributed by atoms with Gasteiger partial charge in [0, 0.05) is 67.9 Å². The van der Waals surface area contributed by atoms with Gasteiger partial charge in [0.05, 0.1) is 5.69 Å². The highest BCUT2D eigenvalue weighted by Crippen LogP contribution is 2.53. The van der Waals surface area contributed by atoms with Gasteiger partial charge in [0.25, 0.3) is 0 Å². The van der Waals surface area contributed by atoms with Crippen molar-refractivity contribution in [3.8, 4) is 11.1 Å². The molecule has 0 bridgehead atoms. The SMILES string of the molecule is CC1(c2ccc3c(c2)oc2c(N(c4ccc5c(c4)sc4ccccc45)c4ccc5sc6ccccc6c5c4)cccc23)c2ccccc2-c2ccccc21. The van der Waals surface area contributed by atoms with Crippen molar-refractivity contribution in [1.29, 1.82) is 0 Å². The Morgan fingerprint density at radius 3 is 1.80 bits per heavy atom. The summed E-state index contributed by atoms with van der Waals surface area (Å²) >= 11 is 3.70. The van der Waals surface area contributed by atoms with E-state index >= 15 is 0 Å². The quantitative estimate of drug-likeness (QED) is 0.180. The smallest absolute Gasteiger partial charge is 0.159 e. The summed E-state index contributed by atoms with van der Waals surface area (Å²) in [7, 11) is 0. The second-order valence-electron chi connectivity index (χ2n) is 14.6. The molecule has 11 aromatic rings. The fourth-order valence-electron chi connectivity index (χ4n) is 9.17. The molecule has 1 aliphatic carbocycles. The van der Waals surface area contributed by atoms with Crippen molar-refractivity contribution in [3.63, 3.8) is 0 Å². The van der Waals surface area contributed by atoms with Crippen molar-refractivity contribution in [2.24, 2.45) is 0 Å². The Morgan fingerprint density at radius 2 is 1.02 bits per heavy atom. The van der Waals surface area contributed by atoms with Gasteiger partial charge in [0.2, 0.25) is 0 Å². The minimum absolute atomic E-state index is 0.298. The van der Waals surface area contributed by atoms with E-state index in [9.17, 15) is 0 Å². The van der Waals surface area contributed by atoms with Crippen LogP contribution >= 0.6 is 22.7 Å². The third-order valence-corrected chi connectivity index (χ3v) is 14.0. The zero-order chi connectivity index (χ0) is 35.5. The van der Waals surface area contributed by atoms with Crippen LogP contribution in [0.15, 0.2) is 174 Å². The Bertz CT molecular complexity index is 3280. The minimum Gasteiger partial charge on any atom is -0.454 e. The van der Waals surface area contributed by atoms with Crippen LogP contribution in [0.4, 0.5) is 17.1 Å². The van der Waals surface area contributed by atoms with Gasteiger partial charge in [-0.15, -0.1) is 22.7 Å². The lowest BCUT2D eigenvalue weighted by atomic mass is 9.74. The van der Waals surface area contributed by atoms with Gasteiger partial charge in [-0.25, -0.2) is 0 Å². The largest absolute Gasteiger partial charge is 0.454 e. The van der Waals surface area contributed by atoms with E-state index in [0.29, 0.717) is 0 Å². The second-order valence-corrected chi connectivity index (χ2v) is 16.7. The molecule has 54 heavy (non-hydrogen) atoms. The second kappa shape index (κ2) is 11.2. The fourth-order valence-corrected chi connectivity index (χ4v) is 11.4. The molecule has 4 heteroatoms. The van der Waals surface area contributed by atoms with Gasteiger partial charge >= 0.3 is 0 Å². The maximum absolute atomic E-state index is 7.07. The lowest BCUT2D eigenvalue weighted by Gasteiger charge is -2.28. The monoisotopic (exact) mass is 725 g/mol. The molecule has 0 saturated heterocycles. The molecule has 0 amide bonds. The van der Waals surface area contributed by atoms with Crippen LogP contribution in [0.2, 0.25) is 0 Å². The number of benzene rings is 8. The topological polar surface area (TPSA) is 16.4 Å². The van der Waals surface area contributed by atoms with E-state index in [4.69, 9.17) is 4.42 Å². The molecular weight excluding hydrogens is 695 g/mol. The first-order valence-electron chi connectivity index (χ1n) is 18.4. The lowest BCUT2D eigenvalue weighted by Crippen LogP contribution is -2.22. The highest BCUT2D eigenvalue weighted by atomic mass is 32.1. The maximum Gasteiger partial charge on any atom is 0.159 e. The zero-order valence-electron chi connectivity index (χ0n) is 29.3. The van der Waals surface area contributed by atoms with E-state index in [1.54, 1.807) is 0 Å². The highest BCUT2D eigenvalue weighted by molar-refractivity contribution is 7.26. The number of anilines is 3. The summed E-state index contributed by atoms with van der Waals surface area (Å²) in [5.74, 6) is 0. The number of hydrogen-bond acceptors (Lipinski definition) is 4. The summed E-state index contributed by atoms with van der Waals surface area (Å²) in [6.45, 7) is 2.36. The maximum atomic E-state index is 7.07. The first-order chi connectivity index (χ1) is 26.6. The number of para-hydroxylation sites is 1. The first kappa shape index (κ1) is 30.3. The van der Waals surface area contributed by atoms with E-state index in [1.165, 1.54) is 68.2 Å². The highest BCUT2D eigenvalue weighted by Gasteiger charge is 2.40. The lowest BCUT2D eigenvalue weighted by molar-refractivity contribution is 0.662. The predicted octanol–water partition coefficient (Wildman–Crippen LogP) is 15.1. The van der Waals surface area contributed by atoms with Gasteiger partial charge < -0.3 is 9.32 Å². The van der Waals surface area contributed by atoms with Crippen LogP contribution in [-0.4, -0.2) is 0 Å². The molecular formula is C50H31NOS2. The summed E-state index contributed by atoms with van der Waals surface area (Å²) in [5.41, 5.74) is 11.2. The van der Waals surface area contributed by atoms with Crippen LogP contribution in [0.25, 0.3) is 73.4 Å².